The molecule has 33 heavy (non-hydrogen) atoms. The third-order valence-corrected chi connectivity index (χ3v) is 7.13. The average Bonchev–Trinajstić information content (AvgIpc) is 3.59. The first-order chi connectivity index (χ1) is 16.3. The highest BCUT2D eigenvalue weighted by Crippen LogP contribution is 2.40. The summed E-state index contributed by atoms with van der Waals surface area (Å²) < 4.78 is 15.5. The summed E-state index contributed by atoms with van der Waals surface area (Å²) >= 11 is 1.51. The molecule has 3 N–H and O–H groups in total. The lowest BCUT2D eigenvalue weighted by molar-refractivity contribution is 0.258. The van der Waals surface area contributed by atoms with Crippen LogP contribution in [0.25, 0.3) is 33.2 Å². The number of nitrogens with one attached hydrogen (secondary N) is 2. The summed E-state index contributed by atoms with van der Waals surface area (Å²) in [6.45, 7) is 0.726. The van der Waals surface area contributed by atoms with Gasteiger partial charge in [-0.25, -0.2) is 0 Å². The van der Waals surface area contributed by atoms with E-state index in [9.17, 15) is 5.11 Å². The van der Waals surface area contributed by atoms with Crippen LogP contribution in [-0.2, 0) is 12.8 Å². The smallest absolute Gasteiger partial charge is 0.137 e. The molecule has 5 aromatic rings. The predicted octanol–water partition coefficient (Wildman–Crippen LogP) is 5.72. The molecule has 3 heterocycles. The number of aromatic nitrogens is 1. The van der Waals surface area contributed by atoms with Crippen molar-refractivity contribution < 1.29 is 14.3 Å². The number of hydrogen-bond donors (Lipinski definition) is 3. The van der Waals surface area contributed by atoms with Crippen LogP contribution in [0.2, 0.25) is 0 Å². The zero-order valence-electron chi connectivity index (χ0n) is 18.0. The summed E-state index contributed by atoms with van der Waals surface area (Å²) in [4.78, 5) is 4.33. The molecule has 1 aliphatic rings. The number of benzene rings is 3. The molecule has 0 fully saturated rings. The van der Waals surface area contributed by atoms with Gasteiger partial charge in [0.25, 0.3) is 0 Å². The predicted molar refractivity (Wildman–Crippen MR) is 133 cm³/mol. The summed E-state index contributed by atoms with van der Waals surface area (Å²) in [5, 5.41) is 12.3. The lowest BCUT2D eigenvalue weighted by Crippen LogP contribution is -2.29. The van der Waals surface area contributed by atoms with Crippen LogP contribution in [0, 0.1) is 0 Å². The molecule has 0 spiro atoms. The van der Waals surface area contributed by atoms with Gasteiger partial charge < -0.3 is 19.2 Å². The van der Waals surface area contributed by atoms with Crippen LogP contribution >= 0.6 is 11.9 Å². The van der Waals surface area contributed by atoms with Crippen LogP contribution in [0.15, 0.2) is 82.2 Å². The number of aliphatic hydroxyl groups excluding tert-OH is 1. The topological polar surface area (TPSA) is 70.4 Å². The normalized spacial score (nSPS) is 14.0. The molecule has 0 amide bonds. The quantitative estimate of drug-likeness (QED) is 0.273. The van der Waals surface area contributed by atoms with E-state index in [4.69, 9.17) is 9.15 Å². The second kappa shape index (κ2) is 8.63. The number of H-pyrrole nitrogens is 1. The molecule has 1 atom stereocenters. The number of aliphatic hydroxyl groups is 1. The van der Waals surface area contributed by atoms with E-state index in [1.807, 2.05) is 36.5 Å². The zero-order chi connectivity index (χ0) is 22.2. The van der Waals surface area contributed by atoms with Crippen LogP contribution in [0.3, 0.4) is 0 Å². The molecule has 6 rings (SSSR count). The molecule has 0 unspecified atom stereocenters. The fourth-order valence-corrected chi connectivity index (χ4v) is 5.39. The summed E-state index contributed by atoms with van der Waals surface area (Å²) in [5.41, 5.74) is 5.42. The van der Waals surface area contributed by atoms with Crippen LogP contribution in [0.1, 0.15) is 11.1 Å². The molecule has 5 nitrogen and oxygen atoms in total. The van der Waals surface area contributed by atoms with Crippen molar-refractivity contribution in [1.82, 2.24) is 9.71 Å². The first-order valence-corrected chi connectivity index (χ1v) is 12.0. The number of aromatic amines is 1. The molecule has 0 bridgehead atoms. The largest absolute Gasteiger partial charge is 0.492 e. The molecule has 166 valence electrons. The van der Waals surface area contributed by atoms with Gasteiger partial charge in [-0.1, -0.05) is 36.4 Å². The van der Waals surface area contributed by atoms with Gasteiger partial charge in [0.1, 0.15) is 17.1 Å². The third kappa shape index (κ3) is 3.91. The van der Waals surface area contributed by atoms with E-state index in [0.717, 1.165) is 51.3 Å². The number of fused-ring (bicyclic) bond motifs is 3. The Hall–Kier alpha value is -3.19. The molecule has 0 aliphatic carbocycles. The van der Waals surface area contributed by atoms with Crippen molar-refractivity contribution in [3.05, 3.63) is 84.1 Å². The van der Waals surface area contributed by atoms with E-state index in [1.165, 1.54) is 28.5 Å². The molecule has 6 heteroatoms. The summed E-state index contributed by atoms with van der Waals surface area (Å²) in [6, 6.07) is 22.6. The van der Waals surface area contributed by atoms with Gasteiger partial charge in [0, 0.05) is 40.5 Å². The van der Waals surface area contributed by atoms with E-state index in [0.29, 0.717) is 6.61 Å². The van der Waals surface area contributed by atoms with Crippen molar-refractivity contribution in [3.63, 3.8) is 0 Å². The Morgan fingerprint density at radius 3 is 2.85 bits per heavy atom. The van der Waals surface area contributed by atoms with Crippen molar-refractivity contribution in [1.29, 1.82) is 0 Å². The van der Waals surface area contributed by atoms with E-state index >= 15 is 0 Å². The number of para-hydroxylation sites is 2. The molecular weight excluding hydrogens is 432 g/mol. The van der Waals surface area contributed by atoms with Gasteiger partial charge in [-0.15, -0.1) is 0 Å². The Labute approximate surface area is 195 Å². The fourth-order valence-electron chi connectivity index (χ4n) is 4.47. The van der Waals surface area contributed by atoms with Crippen LogP contribution < -0.4 is 9.46 Å². The monoisotopic (exact) mass is 456 g/mol. The highest BCUT2D eigenvalue weighted by molar-refractivity contribution is 7.97. The first kappa shape index (κ1) is 20.4. The maximum absolute atomic E-state index is 10.0. The molecule has 3 aromatic carbocycles. The van der Waals surface area contributed by atoms with Crippen LogP contribution in [0.4, 0.5) is 0 Å². The standard InChI is InChI=1S/C27H24N2O3S/c30-16-21(12-20-15-28-23-7-3-2-6-22(20)23)29-33-26-14-19(11-18-9-10-31-27(18)26)25-13-17-5-1-4-8-24(17)32-25/h1-8,11,13-15,21,28-30H,9-10,12,16H2/t21-/m1/s1. The highest BCUT2D eigenvalue weighted by Gasteiger charge is 2.21. The number of hydrogen-bond acceptors (Lipinski definition) is 5. The molecular formula is C27H24N2O3S. The van der Waals surface area contributed by atoms with E-state index < -0.39 is 0 Å². The number of furan rings is 1. The Morgan fingerprint density at radius 1 is 1.06 bits per heavy atom. The van der Waals surface area contributed by atoms with Crippen molar-refractivity contribution in [2.75, 3.05) is 13.2 Å². The van der Waals surface area contributed by atoms with E-state index in [-0.39, 0.29) is 12.6 Å². The lowest BCUT2D eigenvalue weighted by Gasteiger charge is -2.17. The summed E-state index contributed by atoms with van der Waals surface area (Å²) in [7, 11) is 0. The minimum absolute atomic E-state index is 0.0405. The van der Waals surface area contributed by atoms with Gasteiger partial charge in [0.2, 0.25) is 0 Å². The van der Waals surface area contributed by atoms with Crippen molar-refractivity contribution in [3.8, 4) is 17.1 Å². The second-order valence-corrected chi connectivity index (χ2v) is 9.25. The molecule has 2 aromatic heterocycles. The Bertz CT molecular complexity index is 1410. The van der Waals surface area contributed by atoms with Gasteiger partial charge in [0.15, 0.2) is 0 Å². The first-order valence-electron chi connectivity index (χ1n) is 11.2. The van der Waals surface area contributed by atoms with Crippen molar-refractivity contribution in [2.45, 2.75) is 23.8 Å². The van der Waals surface area contributed by atoms with Crippen LogP contribution in [-0.4, -0.2) is 29.3 Å². The molecule has 0 saturated carbocycles. The lowest BCUT2D eigenvalue weighted by atomic mass is 10.1. The second-order valence-electron chi connectivity index (χ2n) is 8.37. The summed E-state index contributed by atoms with van der Waals surface area (Å²) in [5.74, 6) is 1.78. The fraction of sp³-hybridized carbons (Fsp3) is 0.185. The Balaban J connectivity index is 1.26. The highest BCUT2D eigenvalue weighted by atomic mass is 32.2. The maximum atomic E-state index is 10.0. The SMILES string of the molecule is OC[C@@H](Cc1c[nH]c2ccccc12)NSc1cc(-c2cc3ccccc3o2)cc2c1OCC2. The van der Waals surface area contributed by atoms with Crippen LogP contribution in [0.5, 0.6) is 5.75 Å². The Kier molecular flexibility index (Phi) is 5.34. The van der Waals surface area contributed by atoms with Gasteiger partial charge >= 0.3 is 0 Å². The van der Waals surface area contributed by atoms with E-state index in [1.54, 1.807) is 0 Å². The van der Waals surface area contributed by atoms with Gasteiger partial charge in [-0.2, -0.15) is 0 Å². The number of ether oxygens (including phenoxy) is 1. The third-order valence-electron chi connectivity index (χ3n) is 6.16. The number of rotatable bonds is 7. The Morgan fingerprint density at radius 2 is 1.94 bits per heavy atom. The maximum Gasteiger partial charge on any atom is 0.137 e. The minimum atomic E-state index is -0.0962. The molecule has 0 saturated heterocycles. The van der Waals surface area contributed by atoms with Crippen molar-refractivity contribution >= 4 is 33.8 Å². The zero-order valence-corrected chi connectivity index (χ0v) is 18.8. The molecule has 0 radical (unpaired) electrons. The van der Waals surface area contributed by atoms with E-state index in [2.05, 4.69) is 46.1 Å². The van der Waals surface area contributed by atoms with Gasteiger partial charge in [-0.3, -0.25) is 4.72 Å². The minimum Gasteiger partial charge on any atom is -0.492 e. The van der Waals surface area contributed by atoms with Gasteiger partial charge in [0.05, 0.1) is 18.1 Å². The average molecular weight is 457 g/mol. The summed E-state index contributed by atoms with van der Waals surface area (Å²) in [6.07, 6.45) is 3.64. The molecule has 1 aliphatic heterocycles. The van der Waals surface area contributed by atoms with Crippen molar-refractivity contribution in [2.24, 2.45) is 0 Å². The van der Waals surface area contributed by atoms with Gasteiger partial charge in [-0.05, 0) is 59.8 Å².